The maximum Gasteiger partial charge on any atom is 0.329 e. The topological polar surface area (TPSA) is 71.9 Å². The van der Waals surface area contributed by atoms with Crippen LogP contribution in [0.5, 0.6) is 0 Å². The molecule has 0 radical (unpaired) electrons. The number of aromatic amines is 1. The van der Waals surface area contributed by atoms with E-state index in [0.717, 1.165) is 4.57 Å². The molecule has 0 spiro atoms. The van der Waals surface area contributed by atoms with Gasteiger partial charge < -0.3 is 0 Å². The van der Waals surface area contributed by atoms with Crippen molar-refractivity contribution in [2.75, 3.05) is 12.0 Å². The molecule has 1 rings (SSSR count). The molecule has 1 N–H and O–H groups in total. The van der Waals surface area contributed by atoms with Gasteiger partial charge in [0.2, 0.25) is 5.82 Å². The van der Waals surface area contributed by atoms with Crippen molar-refractivity contribution in [2.45, 2.75) is 19.4 Å². The quantitative estimate of drug-likeness (QED) is 0.825. The van der Waals surface area contributed by atoms with Crippen LogP contribution in [0, 0.1) is 5.82 Å². The molecule has 0 amide bonds. The van der Waals surface area contributed by atoms with Crippen molar-refractivity contribution in [1.82, 2.24) is 9.55 Å². The lowest BCUT2D eigenvalue weighted by Crippen LogP contribution is -2.39. The van der Waals surface area contributed by atoms with Gasteiger partial charge in [-0.3, -0.25) is 18.6 Å². The third-order valence-corrected chi connectivity index (χ3v) is 3.37. The number of H-pyrrole nitrogens is 1. The van der Waals surface area contributed by atoms with Gasteiger partial charge in [0.15, 0.2) is 5.15 Å². The van der Waals surface area contributed by atoms with Gasteiger partial charge in [-0.1, -0.05) is 11.6 Å². The average Bonchev–Trinajstić information content (AvgIpc) is 2.23. The number of hydrogen-bond acceptors (Lipinski definition) is 3. The van der Waals surface area contributed by atoms with E-state index in [2.05, 4.69) is 0 Å². The van der Waals surface area contributed by atoms with Crippen LogP contribution in [-0.2, 0) is 10.8 Å². The SMILES string of the molecule is CC(CCS(C)=O)n1c(=O)[nH]c(Cl)c(F)c1=O. The van der Waals surface area contributed by atoms with Crippen molar-refractivity contribution >= 4 is 22.4 Å². The first kappa shape index (κ1) is 14.1. The van der Waals surface area contributed by atoms with Crippen LogP contribution in [0.2, 0.25) is 5.15 Å². The summed E-state index contributed by atoms with van der Waals surface area (Å²) in [5.41, 5.74) is -1.83. The van der Waals surface area contributed by atoms with Crippen molar-refractivity contribution in [3.63, 3.8) is 0 Å². The van der Waals surface area contributed by atoms with E-state index in [1.54, 1.807) is 6.92 Å². The van der Waals surface area contributed by atoms with Gasteiger partial charge in [0.25, 0.3) is 5.56 Å². The van der Waals surface area contributed by atoms with Gasteiger partial charge in [-0.15, -0.1) is 0 Å². The highest BCUT2D eigenvalue weighted by Crippen LogP contribution is 2.08. The summed E-state index contributed by atoms with van der Waals surface area (Å²) in [5, 5.41) is -0.595. The van der Waals surface area contributed by atoms with E-state index in [0.29, 0.717) is 12.2 Å². The zero-order chi connectivity index (χ0) is 13.2. The number of nitrogens with zero attached hydrogens (tertiary/aromatic N) is 1. The highest BCUT2D eigenvalue weighted by atomic mass is 35.5. The number of halogens is 2. The summed E-state index contributed by atoms with van der Waals surface area (Å²) in [6, 6.07) is -0.540. The van der Waals surface area contributed by atoms with Crippen LogP contribution in [0.25, 0.3) is 0 Å². The summed E-state index contributed by atoms with van der Waals surface area (Å²) >= 11 is 5.33. The Hall–Kier alpha value is -0.950. The van der Waals surface area contributed by atoms with Crippen LogP contribution in [0.15, 0.2) is 9.59 Å². The molecule has 5 nitrogen and oxygen atoms in total. The lowest BCUT2D eigenvalue weighted by atomic mass is 10.2. The second-order valence-corrected chi connectivity index (χ2v) is 5.58. The lowest BCUT2D eigenvalue weighted by Gasteiger charge is -2.13. The number of nitrogens with one attached hydrogen (secondary N) is 1. The predicted molar refractivity (Wildman–Crippen MR) is 64.6 cm³/mol. The van der Waals surface area contributed by atoms with Gasteiger partial charge in [0, 0.05) is 28.9 Å². The molecule has 2 unspecified atom stereocenters. The smallest absolute Gasteiger partial charge is 0.295 e. The molecule has 1 aromatic heterocycles. The average molecular weight is 283 g/mol. The Morgan fingerprint density at radius 2 is 2.12 bits per heavy atom. The molecule has 1 aromatic rings. The van der Waals surface area contributed by atoms with Gasteiger partial charge in [0.05, 0.1) is 0 Å². The van der Waals surface area contributed by atoms with E-state index < -0.39 is 39.1 Å². The first-order valence-electron chi connectivity index (χ1n) is 4.84. The highest BCUT2D eigenvalue weighted by molar-refractivity contribution is 7.84. The molecule has 0 saturated heterocycles. The zero-order valence-corrected chi connectivity index (χ0v) is 10.9. The Bertz CT molecular complexity index is 554. The molecule has 0 aliphatic rings. The highest BCUT2D eigenvalue weighted by Gasteiger charge is 2.16. The number of rotatable bonds is 4. The Kier molecular flexibility index (Phi) is 4.64. The minimum absolute atomic E-state index is 0.331. The van der Waals surface area contributed by atoms with E-state index in [1.807, 2.05) is 4.98 Å². The number of aromatic nitrogens is 2. The fraction of sp³-hybridized carbons (Fsp3) is 0.556. The molecule has 0 fully saturated rings. The van der Waals surface area contributed by atoms with Crippen LogP contribution in [0.1, 0.15) is 19.4 Å². The van der Waals surface area contributed by atoms with Crippen LogP contribution < -0.4 is 11.2 Å². The van der Waals surface area contributed by atoms with Crippen molar-refractivity contribution in [2.24, 2.45) is 0 Å². The molecule has 0 aromatic carbocycles. The molecule has 0 aliphatic carbocycles. The van der Waals surface area contributed by atoms with Crippen molar-refractivity contribution in [1.29, 1.82) is 0 Å². The van der Waals surface area contributed by atoms with Gasteiger partial charge in [-0.2, -0.15) is 4.39 Å². The van der Waals surface area contributed by atoms with E-state index in [-0.39, 0.29) is 0 Å². The van der Waals surface area contributed by atoms with Crippen LogP contribution in [0.4, 0.5) is 4.39 Å². The third kappa shape index (κ3) is 3.26. The van der Waals surface area contributed by atoms with Gasteiger partial charge >= 0.3 is 5.69 Å². The Morgan fingerprint density at radius 1 is 1.53 bits per heavy atom. The van der Waals surface area contributed by atoms with Crippen molar-refractivity contribution in [3.8, 4) is 0 Å². The minimum Gasteiger partial charge on any atom is -0.295 e. The fourth-order valence-electron chi connectivity index (χ4n) is 1.37. The van der Waals surface area contributed by atoms with E-state index in [1.165, 1.54) is 6.26 Å². The second kappa shape index (κ2) is 5.59. The Labute approximate surface area is 104 Å². The maximum atomic E-state index is 13.2. The molecule has 8 heteroatoms. The standard InChI is InChI=1S/C9H12ClFN2O3S/c1-5(3-4-17(2)16)13-8(14)6(11)7(10)12-9(13)15/h5H,3-4H2,1-2H3,(H,12,15). The number of hydrogen-bond donors (Lipinski definition) is 1. The fourth-order valence-corrected chi connectivity index (χ4v) is 2.20. The minimum atomic E-state index is -1.18. The largest absolute Gasteiger partial charge is 0.329 e. The van der Waals surface area contributed by atoms with Crippen molar-refractivity contribution < 1.29 is 8.60 Å². The molecule has 96 valence electrons. The predicted octanol–water partition coefficient (Wildman–Crippen LogP) is 0.659. The van der Waals surface area contributed by atoms with E-state index >= 15 is 0 Å². The van der Waals surface area contributed by atoms with Gasteiger partial charge in [-0.05, 0) is 13.3 Å². The molecule has 2 atom stereocenters. The maximum absolute atomic E-state index is 13.2. The van der Waals surface area contributed by atoms with Crippen molar-refractivity contribution in [3.05, 3.63) is 31.8 Å². The summed E-state index contributed by atoms with van der Waals surface area (Å²) in [4.78, 5) is 25.0. The first-order valence-corrected chi connectivity index (χ1v) is 6.95. The lowest BCUT2D eigenvalue weighted by molar-refractivity contribution is 0.461. The van der Waals surface area contributed by atoms with Gasteiger partial charge in [-0.25, -0.2) is 4.79 Å². The summed E-state index contributed by atoms with van der Waals surface area (Å²) in [6.45, 7) is 1.58. The molecule has 0 bridgehead atoms. The molecule has 0 saturated carbocycles. The van der Waals surface area contributed by atoms with Crippen LogP contribution in [0.3, 0.4) is 0 Å². The molecule has 1 heterocycles. The monoisotopic (exact) mass is 282 g/mol. The normalized spacial score (nSPS) is 14.6. The molecule has 0 aliphatic heterocycles. The van der Waals surface area contributed by atoms with Gasteiger partial charge in [0.1, 0.15) is 0 Å². The molecule has 17 heavy (non-hydrogen) atoms. The Balaban J connectivity index is 3.14. The zero-order valence-electron chi connectivity index (χ0n) is 9.33. The van der Waals surface area contributed by atoms with Crippen LogP contribution in [-0.4, -0.2) is 25.8 Å². The van der Waals surface area contributed by atoms with Crippen LogP contribution >= 0.6 is 11.6 Å². The summed E-state index contributed by atoms with van der Waals surface area (Å²) in [6.07, 6.45) is 1.86. The summed E-state index contributed by atoms with van der Waals surface area (Å²) < 4.78 is 24.9. The summed E-state index contributed by atoms with van der Waals surface area (Å²) in [7, 11) is -1.03. The first-order chi connectivity index (χ1) is 7.84. The summed E-state index contributed by atoms with van der Waals surface area (Å²) in [5.74, 6) is -0.854. The molecular formula is C9H12ClFN2O3S. The van der Waals surface area contributed by atoms with E-state index in [4.69, 9.17) is 11.6 Å². The Morgan fingerprint density at radius 3 is 2.65 bits per heavy atom. The second-order valence-electron chi connectivity index (χ2n) is 3.65. The molecular weight excluding hydrogens is 271 g/mol. The third-order valence-electron chi connectivity index (χ3n) is 2.30. The van der Waals surface area contributed by atoms with E-state index in [9.17, 15) is 18.2 Å².